The monoisotopic (exact) mass is 265 g/mol. The zero-order valence-electron chi connectivity index (χ0n) is 11.8. The molecule has 0 saturated carbocycles. The van der Waals surface area contributed by atoms with Crippen molar-refractivity contribution < 1.29 is 9.47 Å². The molecule has 106 valence electrons. The Morgan fingerprint density at radius 1 is 0.947 bits per heavy atom. The molecule has 1 aromatic carbocycles. The first-order chi connectivity index (χ1) is 9.36. The molecular formula is C14H23N3O2. The van der Waals surface area contributed by atoms with Gasteiger partial charge in [0.05, 0.1) is 19.8 Å². The fourth-order valence-corrected chi connectivity index (χ4v) is 1.39. The Morgan fingerprint density at radius 2 is 1.58 bits per heavy atom. The van der Waals surface area contributed by atoms with Crippen molar-refractivity contribution in [3.05, 3.63) is 35.9 Å². The van der Waals surface area contributed by atoms with Gasteiger partial charge in [-0.3, -0.25) is 0 Å². The van der Waals surface area contributed by atoms with Crippen LogP contribution in [0.4, 0.5) is 0 Å². The van der Waals surface area contributed by atoms with Crippen molar-refractivity contribution in [3.8, 4) is 0 Å². The van der Waals surface area contributed by atoms with Crippen LogP contribution in [0.3, 0.4) is 0 Å². The summed E-state index contributed by atoms with van der Waals surface area (Å²) in [5.41, 5.74) is 1.35. The van der Waals surface area contributed by atoms with Gasteiger partial charge in [-0.1, -0.05) is 30.3 Å². The van der Waals surface area contributed by atoms with Gasteiger partial charge in [0.15, 0.2) is 0 Å². The van der Waals surface area contributed by atoms with Gasteiger partial charge < -0.3 is 9.47 Å². The molecule has 1 heterocycles. The van der Waals surface area contributed by atoms with E-state index in [0.29, 0.717) is 0 Å². The van der Waals surface area contributed by atoms with Crippen LogP contribution in [0.2, 0.25) is 0 Å². The van der Waals surface area contributed by atoms with Crippen molar-refractivity contribution >= 4 is 0 Å². The number of nitrogens with zero attached hydrogens (tertiary/aromatic N) is 3. The van der Waals surface area contributed by atoms with E-state index >= 15 is 0 Å². The highest BCUT2D eigenvalue weighted by atomic mass is 16.5. The zero-order valence-corrected chi connectivity index (χ0v) is 11.8. The molecule has 1 aliphatic heterocycles. The molecule has 0 fully saturated rings. The second-order valence-electron chi connectivity index (χ2n) is 3.90. The number of ether oxygens (including phenoxy) is 2. The van der Waals surface area contributed by atoms with Crippen LogP contribution < -0.4 is 0 Å². The standard InChI is InChI=1S/C10H14O.C4H9N3O/c1-2-11-9-8-10-6-4-3-5-7-10;1-2-8-4-3-7-5-6-7/h3-7H,2,8-9H2,1H3;2-4H2,1H3. The van der Waals surface area contributed by atoms with Crippen LogP contribution >= 0.6 is 0 Å². The number of rotatable bonds is 8. The average Bonchev–Trinajstić information content (AvgIpc) is 3.26. The summed E-state index contributed by atoms with van der Waals surface area (Å²) in [7, 11) is 0. The lowest BCUT2D eigenvalue weighted by Crippen LogP contribution is -2.06. The van der Waals surface area contributed by atoms with Crippen LogP contribution in [0.25, 0.3) is 0 Å². The third kappa shape index (κ3) is 9.16. The number of benzene rings is 1. The van der Waals surface area contributed by atoms with E-state index in [4.69, 9.17) is 9.47 Å². The summed E-state index contributed by atoms with van der Waals surface area (Å²) in [6, 6.07) is 10.4. The highest BCUT2D eigenvalue weighted by molar-refractivity contribution is 5.14. The van der Waals surface area contributed by atoms with Gasteiger partial charge in [-0.05, 0) is 36.3 Å². The first-order valence-corrected chi connectivity index (χ1v) is 6.75. The molecule has 0 aromatic heterocycles. The maximum absolute atomic E-state index is 5.24. The second kappa shape index (κ2) is 10.5. The van der Waals surface area contributed by atoms with Crippen molar-refractivity contribution in [1.29, 1.82) is 0 Å². The molecule has 0 radical (unpaired) electrons. The van der Waals surface area contributed by atoms with E-state index < -0.39 is 0 Å². The van der Waals surface area contributed by atoms with Crippen molar-refractivity contribution in [1.82, 2.24) is 5.12 Å². The van der Waals surface area contributed by atoms with Gasteiger partial charge in [0.25, 0.3) is 0 Å². The summed E-state index contributed by atoms with van der Waals surface area (Å²) in [5, 5.41) is 8.71. The predicted molar refractivity (Wildman–Crippen MR) is 74.7 cm³/mol. The summed E-state index contributed by atoms with van der Waals surface area (Å²) in [6.45, 7) is 7.93. The van der Waals surface area contributed by atoms with Crippen LogP contribution in [0.5, 0.6) is 0 Å². The Hall–Kier alpha value is -1.46. The van der Waals surface area contributed by atoms with E-state index in [2.05, 4.69) is 34.7 Å². The number of hydrogen-bond donors (Lipinski definition) is 0. The van der Waals surface area contributed by atoms with Crippen molar-refractivity contribution in [2.45, 2.75) is 20.3 Å². The van der Waals surface area contributed by atoms with E-state index in [0.717, 1.165) is 39.4 Å². The lowest BCUT2D eigenvalue weighted by atomic mass is 10.2. The summed E-state index contributed by atoms with van der Waals surface area (Å²) in [6.07, 6.45) is 1.02. The smallest absolute Gasteiger partial charge is 0.0877 e. The van der Waals surface area contributed by atoms with Gasteiger partial charge in [0, 0.05) is 13.2 Å². The van der Waals surface area contributed by atoms with Crippen LogP contribution in [-0.2, 0) is 15.9 Å². The highest BCUT2D eigenvalue weighted by Gasteiger charge is 2.07. The van der Waals surface area contributed by atoms with Crippen molar-refractivity contribution in [3.63, 3.8) is 0 Å². The third-order valence-electron chi connectivity index (χ3n) is 2.44. The molecule has 5 heteroatoms. The van der Waals surface area contributed by atoms with Gasteiger partial charge in [0.2, 0.25) is 0 Å². The van der Waals surface area contributed by atoms with Crippen LogP contribution in [0.15, 0.2) is 40.8 Å². The molecular weight excluding hydrogens is 242 g/mol. The quantitative estimate of drug-likeness (QED) is 0.679. The number of hydrogen-bond acceptors (Lipinski definition) is 5. The van der Waals surface area contributed by atoms with Gasteiger partial charge in [-0.15, -0.1) is 5.12 Å². The van der Waals surface area contributed by atoms with E-state index in [1.54, 1.807) is 5.12 Å². The SMILES string of the molecule is CCOCCN1N=N1.CCOCCc1ccccc1. The molecule has 5 nitrogen and oxygen atoms in total. The van der Waals surface area contributed by atoms with Crippen LogP contribution in [0.1, 0.15) is 19.4 Å². The molecule has 19 heavy (non-hydrogen) atoms. The Balaban J connectivity index is 0.000000200. The van der Waals surface area contributed by atoms with Gasteiger partial charge in [-0.2, -0.15) is 0 Å². The normalized spacial score (nSPS) is 12.0. The lowest BCUT2D eigenvalue weighted by molar-refractivity contribution is 0.134. The molecule has 0 amide bonds. The van der Waals surface area contributed by atoms with Gasteiger partial charge >= 0.3 is 0 Å². The molecule has 0 atom stereocenters. The summed E-state index contributed by atoms with van der Waals surface area (Å²) in [4.78, 5) is 0. The van der Waals surface area contributed by atoms with Gasteiger partial charge in [-0.25, -0.2) is 0 Å². The van der Waals surface area contributed by atoms with Gasteiger partial charge in [0.1, 0.15) is 0 Å². The zero-order chi connectivity index (χ0) is 13.8. The highest BCUT2D eigenvalue weighted by Crippen LogP contribution is 2.04. The van der Waals surface area contributed by atoms with E-state index in [9.17, 15) is 0 Å². The van der Waals surface area contributed by atoms with Crippen LogP contribution in [0, 0.1) is 0 Å². The minimum Gasteiger partial charge on any atom is -0.381 e. The van der Waals surface area contributed by atoms with E-state index in [1.807, 2.05) is 19.9 Å². The topological polar surface area (TPSA) is 46.2 Å². The second-order valence-corrected chi connectivity index (χ2v) is 3.90. The predicted octanol–water partition coefficient (Wildman–Crippen LogP) is 2.89. The van der Waals surface area contributed by atoms with E-state index in [-0.39, 0.29) is 0 Å². The largest absolute Gasteiger partial charge is 0.381 e. The first-order valence-electron chi connectivity index (χ1n) is 6.75. The lowest BCUT2D eigenvalue weighted by Gasteiger charge is -2.00. The molecule has 1 aromatic rings. The Kier molecular flexibility index (Phi) is 8.59. The summed E-state index contributed by atoms with van der Waals surface area (Å²) >= 11 is 0. The first kappa shape index (κ1) is 15.6. The molecule has 2 rings (SSSR count). The van der Waals surface area contributed by atoms with Crippen LogP contribution in [-0.4, -0.2) is 38.1 Å². The Labute approximate surface area is 115 Å². The maximum atomic E-state index is 5.24. The minimum absolute atomic E-state index is 0.726. The molecule has 0 aliphatic carbocycles. The molecule has 0 saturated heterocycles. The maximum Gasteiger partial charge on any atom is 0.0877 e. The summed E-state index contributed by atoms with van der Waals surface area (Å²) < 4.78 is 10.3. The molecule has 0 bridgehead atoms. The van der Waals surface area contributed by atoms with Crippen molar-refractivity contribution in [2.24, 2.45) is 10.4 Å². The van der Waals surface area contributed by atoms with E-state index in [1.165, 1.54) is 5.56 Å². The molecule has 1 aliphatic rings. The molecule has 0 spiro atoms. The average molecular weight is 265 g/mol. The fraction of sp³-hybridized carbons (Fsp3) is 0.571. The molecule has 0 N–H and O–H groups in total. The Bertz CT molecular complexity index is 338. The Morgan fingerprint density at radius 3 is 2.16 bits per heavy atom. The minimum atomic E-state index is 0.726. The fourth-order valence-electron chi connectivity index (χ4n) is 1.39. The third-order valence-corrected chi connectivity index (χ3v) is 2.44. The summed E-state index contributed by atoms with van der Waals surface area (Å²) in [5.74, 6) is 0. The van der Waals surface area contributed by atoms with Crippen molar-refractivity contribution in [2.75, 3.05) is 33.0 Å². The molecule has 0 unspecified atom stereocenters.